The summed E-state index contributed by atoms with van der Waals surface area (Å²) in [7, 11) is 0. The Balaban J connectivity index is 1.81. The van der Waals surface area contributed by atoms with Crippen LogP contribution in [0.2, 0.25) is 0 Å². The molecule has 2 unspecified atom stereocenters. The van der Waals surface area contributed by atoms with Crippen molar-refractivity contribution in [1.29, 1.82) is 0 Å². The molecule has 2 atom stereocenters. The Morgan fingerprint density at radius 2 is 2.04 bits per heavy atom. The number of benzene rings is 1. The van der Waals surface area contributed by atoms with Gasteiger partial charge in [0, 0.05) is 18.5 Å². The van der Waals surface area contributed by atoms with Crippen LogP contribution in [0.15, 0.2) is 52.2 Å². The van der Waals surface area contributed by atoms with Crippen molar-refractivity contribution in [3.05, 3.63) is 54.0 Å². The van der Waals surface area contributed by atoms with E-state index in [2.05, 4.69) is 10.5 Å². The van der Waals surface area contributed by atoms with Crippen molar-refractivity contribution >= 4 is 11.6 Å². The molecule has 0 fully saturated rings. The normalized spacial score (nSPS) is 19.6. The number of furan rings is 1. The third-order valence-electron chi connectivity index (χ3n) is 4.08. The van der Waals surface area contributed by atoms with Crippen LogP contribution in [0.5, 0.6) is 5.75 Å². The van der Waals surface area contributed by atoms with E-state index in [0.29, 0.717) is 23.9 Å². The van der Waals surface area contributed by atoms with Gasteiger partial charge in [-0.15, -0.1) is 0 Å². The number of carbonyl (C=O) groups excluding carboxylic acids is 1. The third kappa shape index (κ3) is 4.02. The van der Waals surface area contributed by atoms with Gasteiger partial charge < -0.3 is 19.7 Å². The molecule has 2 aromatic rings. The first-order valence-electron chi connectivity index (χ1n) is 8.38. The van der Waals surface area contributed by atoms with E-state index in [-0.39, 0.29) is 24.0 Å². The topological polar surface area (TPSA) is 84.1 Å². The molecular formula is C19H22N2O4. The molecule has 2 N–H and O–H groups in total. The Bertz CT molecular complexity index is 735. The largest absolute Gasteiger partial charge is 0.508 e. The molecular weight excluding hydrogens is 320 g/mol. The predicted octanol–water partition coefficient (Wildman–Crippen LogP) is 3.24. The van der Waals surface area contributed by atoms with Gasteiger partial charge >= 0.3 is 0 Å². The first kappa shape index (κ1) is 17.1. The number of phenolic OH excluding ortho intramolecular Hbond substituents is 1. The van der Waals surface area contributed by atoms with Crippen LogP contribution in [0.25, 0.3) is 0 Å². The smallest absolute Gasteiger partial charge is 0.220 e. The number of amides is 1. The van der Waals surface area contributed by atoms with Crippen LogP contribution in [0, 0.1) is 11.8 Å². The van der Waals surface area contributed by atoms with Gasteiger partial charge in [0.05, 0.1) is 17.9 Å². The molecule has 0 radical (unpaired) electrons. The summed E-state index contributed by atoms with van der Waals surface area (Å²) in [6.45, 7) is 4.73. The minimum atomic E-state index is -0.441. The molecule has 25 heavy (non-hydrogen) atoms. The molecule has 6 nitrogen and oxygen atoms in total. The second-order valence-corrected chi connectivity index (χ2v) is 6.57. The Hall–Kier alpha value is -2.76. The van der Waals surface area contributed by atoms with E-state index in [1.165, 1.54) is 0 Å². The Kier molecular flexibility index (Phi) is 5.07. The highest BCUT2D eigenvalue weighted by Crippen LogP contribution is 2.37. The fraction of sp³-hybridized carbons (Fsp3) is 0.368. The SMILES string of the molecule is CC(C)CNC(=O)CC1C(c2ccc(O)cc2)=NOC1c1ccco1. The van der Waals surface area contributed by atoms with Crippen LogP contribution in [-0.2, 0) is 9.63 Å². The zero-order valence-electron chi connectivity index (χ0n) is 14.3. The number of aromatic hydroxyl groups is 1. The van der Waals surface area contributed by atoms with Crippen molar-refractivity contribution in [2.45, 2.75) is 26.4 Å². The number of oxime groups is 1. The number of phenols is 1. The van der Waals surface area contributed by atoms with Crippen molar-refractivity contribution in [3.8, 4) is 5.75 Å². The van der Waals surface area contributed by atoms with Crippen molar-refractivity contribution in [2.75, 3.05) is 6.54 Å². The zero-order valence-corrected chi connectivity index (χ0v) is 14.3. The molecule has 6 heteroatoms. The molecule has 0 saturated heterocycles. The standard InChI is InChI=1S/C19H22N2O4/c1-12(2)11-20-17(23)10-15-18(13-5-7-14(22)8-6-13)21-25-19(15)16-4-3-9-24-16/h3-9,12,15,19,22H,10-11H2,1-2H3,(H,20,23). The summed E-state index contributed by atoms with van der Waals surface area (Å²) in [4.78, 5) is 17.9. The van der Waals surface area contributed by atoms with Gasteiger partial charge in [-0.05, 0) is 42.3 Å². The second kappa shape index (κ2) is 7.42. The van der Waals surface area contributed by atoms with Gasteiger partial charge in [-0.1, -0.05) is 19.0 Å². The van der Waals surface area contributed by atoms with Crippen molar-refractivity contribution in [2.24, 2.45) is 17.0 Å². The van der Waals surface area contributed by atoms with Crippen LogP contribution in [0.1, 0.15) is 37.7 Å². The van der Waals surface area contributed by atoms with Crippen LogP contribution in [-0.4, -0.2) is 23.3 Å². The highest BCUT2D eigenvalue weighted by molar-refractivity contribution is 6.04. The number of nitrogens with one attached hydrogen (secondary N) is 1. The van der Waals surface area contributed by atoms with Crippen molar-refractivity contribution < 1.29 is 19.2 Å². The van der Waals surface area contributed by atoms with Crippen LogP contribution < -0.4 is 5.32 Å². The molecule has 0 aliphatic carbocycles. The summed E-state index contributed by atoms with van der Waals surface area (Å²) in [5.41, 5.74) is 1.50. The predicted molar refractivity (Wildman–Crippen MR) is 93.1 cm³/mol. The van der Waals surface area contributed by atoms with Gasteiger partial charge in [-0.25, -0.2) is 0 Å². The number of rotatable bonds is 6. The van der Waals surface area contributed by atoms with Gasteiger partial charge in [0.2, 0.25) is 5.91 Å². The van der Waals surface area contributed by atoms with Crippen LogP contribution >= 0.6 is 0 Å². The number of carbonyl (C=O) groups is 1. The minimum Gasteiger partial charge on any atom is -0.508 e. The quantitative estimate of drug-likeness (QED) is 0.844. The molecule has 1 aromatic heterocycles. The molecule has 1 aliphatic rings. The van der Waals surface area contributed by atoms with Gasteiger partial charge in [0.25, 0.3) is 0 Å². The summed E-state index contributed by atoms with van der Waals surface area (Å²) in [5.74, 6) is 0.890. The molecule has 0 bridgehead atoms. The number of hydrogen-bond acceptors (Lipinski definition) is 5. The molecule has 0 spiro atoms. The number of nitrogens with zero attached hydrogens (tertiary/aromatic N) is 1. The molecule has 132 valence electrons. The lowest BCUT2D eigenvalue weighted by Crippen LogP contribution is -2.32. The molecule has 1 aromatic carbocycles. The number of hydrogen-bond donors (Lipinski definition) is 2. The summed E-state index contributed by atoms with van der Waals surface area (Å²) >= 11 is 0. The van der Waals surface area contributed by atoms with Gasteiger partial charge in [0.15, 0.2) is 6.10 Å². The molecule has 2 heterocycles. The summed E-state index contributed by atoms with van der Waals surface area (Å²) in [6.07, 6.45) is 1.38. The van der Waals surface area contributed by atoms with Gasteiger partial charge in [-0.2, -0.15) is 0 Å². The zero-order chi connectivity index (χ0) is 17.8. The molecule has 3 rings (SSSR count). The van der Waals surface area contributed by atoms with E-state index in [9.17, 15) is 9.90 Å². The maximum absolute atomic E-state index is 12.4. The summed E-state index contributed by atoms with van der Waals surface area (Å²) in [6, 6.07) is 10.3. The summed E-state index contributed by atoms with van der Waals surface area (Å²) < 4.78 is 5.46. The van der Waals surface area contributed by atoms with Crippen LogP contribution in [0.4, 0.5) is 0 Å². The maximum atomic E-state index is 12.4. The fourth-order valence-electron chi connectivity index (χ4n) is 2.79. The lowest BCUT2D eigenvalue weighted by Gasteiger charge is -2.17. The second-order valence-electron chi connectivity index (χ2n) is 6.57. The highest BCUT2D eigenvalue weighted by atomic mass is 16.6. The Morgan fingerprint density at radius 1 is 1.28 bits per heavy atom. The van der Waals surface area contributed by atoms with E-state index in [1.54, 1.807) is 36.6 Å². The van der Waals surface area contributed by atoms with E-state index in [1.807, 2.05) is 19.9 Å². The average molecular weight is 342 g/mol. The van der Waals surface area contributed by atoms with Gasteiger partial charge in [-0.3, -0.25) is 4.79 Å². The van der Waals surface area contributed by atoms with E-state index < -0.39 is 6.10 Å². The van der Waals surface area contributed by atoms with E-state index in [0.717, 1.165) is 5.56 Å². The Labute approximate surface area is 146 Å². The van der Waals surface area contributed by atoms with Crippen LogP contribution in [0.3, 0.4) is 0 Å². The van der Waals surface area contributed by atoms with Crippen molar-refractivity contribution in [1.82, 2.24) is 5.32 Å². The lowest BCUT2D eigenvalue weighted by molar-refractivity contribution is -0.122. The monoisotopic (exact) mass is 342 g/mol. The van der Waals surface area contributed by atoms with E-state index >= 15 is 0 Å². The average Bonchev–Trinajstić information content (AvgIpc) is 3.23. The third-order valence-corrected chi connectivity index (χ3v) is 4.08. The first-order chi connectivity index (χ1) is 12.0. The summed E-state index contributed by atoms with van der Waals surface area (Å²) in [5, 5.41) is 16.6. The van der Waals surface area contributed by atoms with E-state index in [4.69, 9.17) is 9.25 Å². The Morgan fingerprint density at radius 3 is 2.68 bits per heavy atom. The highest BCUT2D eigenvalue weighted by Gasteiger charge is 2.39. The molecule has 1 amide bonds. The van der Waals surface area contributed by atoms with Crippen molar-refractivity contribution in [3.63, 3.8) is 0 Å². The lowest BCUT2D eigenvalue weighted by atomic mass is 9.88. The minimum absolute atomic E-state index is 0.0489. The van der Waals surface area contributed by atoms with Gasteiger partial charge in [0.1, 0.15) is 11.5 Å². The maximum Gasteiger partial charge on any atom is 0.220 e. The molecule has 0 saturated carbocycles. The fourth-order valence-corrected chi connectivity index (χ4v) is 2.79. The molecule has 1 aliphatic heterocycles. The first-order valence-corrected chi connectivity index (χ1v) is 8.38.